The molecule has 0 aliphatic carbocycles. The van der Waals surface area contributed by atoms with Crippen molar-refractivity contribution in [2.45, 2.75) is 25.3 Å². The van der Waals surface area contributed by atoms with Gasteiger partial charge in [-0.1, -0.05) is 30.3 Å². The van der Waals surface area contributed by atoms with Crippen LogP contribution in [0.5, 0.6) is 0 Å². The summed E-state index contributed by atoms with van der Waals surface area (Å²) in [6.45, 7) is 3.17. The smallest absolute Gasteiger partial charge is 0.137 e. The summed E-state index contributed by atoms with van der Waals surface area (Å²) in [7, 11) is 0. The van der Waals surface area contributed by atoms with E-state index in [4.69, 9.17) is 0 Å². The van der Waals surface area contributed by atoms with E-state index in [-0.39, 0.29) is 0 Å². The van der Waals surface area contributed by atoms with E-state index >= 15 is 0 Å². The molecule has 118 valence electrons. The Labute approximate surface area is 135 Å². The number of aromatic amines is 2. The predicted octanol–water partition coefficient (Wildman–Crippen LogP) is 3.18. The molecule has 0 atom stereocenters. The molecule has 3 aromatic rings. The van der Waals surface area contributed by atoms with E-state index in [0.717, 1.165) is 31.0 Å². The van der Waals surface area contributed by atoms with Crippen LogP contribution in [0, 0.1) is 0 Å². The number of hydrogen-bond donors (Lipinski definition) is 2. The van der Waals surface area contributed by atoms with Gasteiger partial charge in [-0.25, -0.2) is 9.97 Å². The van der Waals surface area contributed by atoms with Crippen LogP contribution in [0.1, 0.15) is 30.1 Å². The molecule has 5 nitrogen and oxygen atoms in total. The third-order valence-electron chi connectivity index (χ3n) is 4.62. The van der Waals surface area contributed by atoms with E-state index in [1.54, 1.807) is 6.33 Å². The minimum absolute atomic E-state index is 0.621. The second kappa shape index (κ2) is 6.38. The molecule has 23 heavy (non-hydrogen) atoms. The quantitative estimate of drug-likeness (QED) is 0.778. The topological polar surface area (TPSA) is 60.6 Å². The summed E-state index contributed by atoms with van der Waals surface area (Å²) >= 11 is 0. The number of aromatic nitrogens is 4. The van der Waals surface area contributed by atoms with Crippen molar-refractivity contribution >= 4 is 0 Å². The highest BCUT2D eigenvalue weighted by atomic mass is 15.1. The summed E-state index contributed by atoms with van der Waals surface area (Å²) in [6, 6.07) is 10.3. The van der Waals surface area contributed by atoms with Gasteiger partial charge >= 0.3 is 0 Å². The number of likely N-dealkylation sites (tertiary alicyclic amines) is 1. The van der Waals surface area contributed by atoms with E-state index in [1.807, 2.05) is 30.6 Å². The van der Waals surface area contributed by atoms with Crippen molar-refractivity contribution < 1.29 is 0 Å². The van der Waals surface area contributed by atoms with Gasteiger partial charge in [0, 0.05) is 41.8 Å². The molecule has 1 fully saturated rings. The van der Waals surface area contributed by atoms with Crippen molar-refractivity contribution in [2.75, 3.05) is 13.1 Å². The molecule has 1 aliphatic heterocycles. The normalized spacial score (nSPS) is 16.7. The lowest BCUT2D eigenvalue weighted by molar-refractivity contribution is 0.201. The van der Waals surface area contributed by atoms with Crippen LogP contribution in [0.4, 0.5) is 0 Å². The molecular formula is C18H21N5. The van der Waals surface area contributed by atoms with Gasteiger partial charge in [-0.15, -0.1) is 0 Å². The summed E-state index contributed by atoms with van der Waals surface area (Å²) in [4.78, 5) is 17.8. The third kappa shape index (κ3) is 3.19. The molecule has 0 bridgehead atoms. The first-order valence-electron chi connectivity index (χ1n) is 8.18. The van der Waals surface area contributed by atoms with E-state index in [0.29, 0.717) is 5.92 Å². The molecule has 0 amide bonds. The SMILES string of the molecule is c1ccc(-c2ncc(CN3CCC(c4cnc[nH]4)CC3)[nH]2)cc1. The Kier molecular flexibility index (Phi) is 3.94. The van der Waals surface area contributed by atoms with Crippen LogP contribution >= 0.6 is 0 Å². The summed E-state index contributed by atoms with van der Waals surface area (Å²) in [5.74, 6) is 1.57. The highest BCUT2D eigenvalue weighted by Gasteiger charge is 2.21. The van der Waals surface area contributed by atoms with Crippen LogP contribution in [-0.4, -0.2) is 37.9 Å². The lowest BCUT2D eigenvalue weighted by Gasteiger charge is -2.30. The maximum atomic E-state index is 4.51. The maximum Gasteiger partial charge on any atom is 0.137 e. The van der Waals surface area contributed by atoms with Crippen molar-refractivity contribution in [2.24, 2.45) is 0 Å². The van der Waals surface area contributed by atoms with E-state index in [9.17, 15) is 0 Å². The van der Waals surface area contributed by atoms with Crippen LogP contribution in [0.2, 0.25) is 0 Å². The van der Waals surface area contributed by atoms with Gasteiger partial charge < -0.3 is 9.97 Å². The zero-order valence-corrected chi connectivity index (χ0v) is 13.1. The molecule has 1 aromatic carbocycles. The Morgan fingerprint density at radius 3 is 2.65 bits per heavy atom. The van der Waals surface area contributed by atoms with Gasteiger partial charge in [0.15, 0.2) is 0 Å². The molecule has 0 spiro atoms. The van der Waals surface area contributed by atoms with Gasteiger partial charge in [0.1, 0.15) is 5.82 Å². The standard InChI is InChI=1S/C18H21N5/c1-2-4-15(5-3-1)18-20-10-16(22-18)12-23-8-6-14(7-9-23)17-11-19-13-21-17/h1-5,10-11,13-14H,6-9,12H2,(H,19,21)(H,20,22). The minimum Gasteiger partial charge on any atom is -0.348 e. The number of piperidine rings is 1. The van der Waals surface area contributed by atoms with Crippen molar-refractivity contribution in [1.29, 1.82) is 0 Å². The van der Waals surface area contributed by atoms with Crippen molar-refractivity contribution in [3.8, 4) is 11.4 Å². The first-order chi connectivity index (χ1) is 11.4. The fourth-order valence-electron chi connectivity index (χ4n) is 3.32. The van der Waals surface area contributed by atoms with Crippen LogP contribution < -0.4 is 0 Å². The Hall–Kier alpha value is -2.40. The molecule has 1 saturated heterocycles. The van der Waals surface area contributed by atoms with Gasteiger partial charge in [-0.2, -0.15) is 0 Å². The Morgan fingerprint density at radius 1 is 1.09 bits per heavy atom. The van der Waals surface area contributed by atoms with Crippen LogP contribution in [0.15, 0.2) is 49.1 Å². The molecule has 2 N–H and O–H groups in total. The Morgan fingerprint density at radius 2 is 1.91 bits per heavy atom. The second-order valence-electron chi connectivity index (χ2n) is 6.18. The van der Waals surface area contributed by atoms with Gasteiger partial charge in [-0.05, 0) is 25.9 Å². The fourth-order valence-corrected chi connectivity index (χ4v) is 3.32. The van der Waals surface area contributed by atoms with Crippen molar-refractivity contribution in [1.82, 2.24) is 24.8 Å². The first-order valence-corrected chi connectivity index (χ1v) is 8.18. The lowest BCUT2D eigenvalue weighted by Crippen LogP contribution is -2.32. The van der Waals surface area contributed by atoms with E-state index in [1.165, 1.54) is 24.2 Å². The number of hydrogen-bond acceptors (Lipinski definition) is 3. The molecule has 1 aliphatic rings. The number of benzene rings is 1. The number of H-pyrrole nitrogens is 2. The molecule has 0 radical (unpaired) electrons. The fraction of sp³-hybridized carbons (Fsp3) is 0.333. The first kappa shape index (κ1) is 14.2. The summed E-state index contributed by atoms with van der Waals surface area (Å²) in [5, 5.41) is 0. The van der Waals surface area contributed by atoms with Gasteiger partial charge in [0.05, 0.1) is 6.33 Å². The summed E-state index contributed by atoms with van der Waals surface area (Å²) in [5.41, 5.74) is 3.60. The van der Waals surface area contributed by atoms with E-state index < -0.39 is 0 Å². The number of rotatable bonds is 4. The van der Waals surface area contributed by atoms with Crippen molar-refractivity contribution in [3.63, 3.8) is 0 Å². The number of nitrogens with one attached hydrogen (secondary N) is 2. The summed E-state index contributed by atoms with van der Waals surface area (Å²) < 4.78 is 0. The zero-order valence-electron chi connectivity index (χ0n) is 13.1. The highest BCUT2D eigenvalue weighted by Crippen LogP contribution is 2.27. The molecule has 0 saturated carbocycles. The van der Waals surface area contributed by atoms with Gasteiger partial charge in [0.25, 0.3) is 0 Å². The molecule has 3 heterocycles. The third-order valence-corrected chi connectivity index (χ3v) is 4.62. The average Bonchev–Trinajstić information content (AvgIpc) is 3.28. The molecular weight excluding hydrogens is 286 g/mol. The van der Waals surface area contributed by atoms with Crippen LogP contribution in [-0.2, 0) is 6.54 Å². The summed E-state index contributed by atoms with van der Waals surface area (Å²) in [6.07, 6.45) is 8.06. The van der Waals surface area contributed by atoms with Crippen LogP contribution in [0.3, 0.4) is 0 Å². The zero-order chi connectivity index (χ0) is 15.5. The largest absolute Gasteiger partial charge is 0.348 e. The average molecular weight is 307 g/mol. The van der Waals surface area contributed by atoms with Gasteiger partial charge in [-0.3, -0.25) is 4.90 Å². The van der Waals surface area contributed by atoms with Crippen LogP contribution in [0.25, 0.3) is 11.4 Å². The lowest BCUT2D eigenvalue weighted by atomic mass is 9.94. The predicted molar refractivity (Wildman–Crippen MR) is 89.9 cm³/mol. The molecule has 4 rings (SSSR count). The highest BCUT2D eigenvalue weighted by molar-refractivity contribution is 5.54. The second-order valence-corrected chi connectivity index (χ2v) is 6.18. The Balaban J connectivity index is 1.36. The molecule has 0 unspecified atom stereocenters. The Bertz CT molecular complexity index is 724. The number of nitrogens with zero attached hydrogens (tertiary/aromatic N) is 3. The van der Waals surface area contributed by atoms with Gasteiger partial charge in [0.2, 0.25) is 0 Å². The minimum atomic E-state index is 0.621. The monoisotopic (exact) mass is 307 g/mol. The molecule has 5 heteroatoms. The molecule has 2 aromatic heterocycles. The maximum absolute atomic E-state index is 4.51. The van der Waals surface area contributed by atoms with Crippen molar-refractivity contribution in [3.05, 3.63) is 60.4 Å². The van der Waals surface area contributed by atoms with E-state index in [2.05, 4.69) is 37.0 Å². The number of imidazole rings is 2.